The maximum Gasteiger partial charge on any atom is 0.231 e. The molecule has 0 bridgehead atoms. The van der Waals surface area contributed by atoms with E-state index in [2.05, 4.69) is 28.9 Å². The van der Waals surface area contributed by atoms with Crippen LogP contribution < -0.4 is 19.5 Å². The fraction of sp³-hybridized carbons (Fsp3) is 0.250. The van der Waals surface area contributed by atoms with Crippen molar-refractivity contribution < 1.29 is 14.2 Å². The molecule has 0 radical (unpaired) electrons. The molecule has 0 amide bonds. The topological polar surface area (TPSA) is 52.6 Å². The van der Waals surface area contributed by atoms with Gasteiger partial charge in [0.1, 0.15) is 10.8 Å². The second kappa shape index (κ2) is 7.35. The van der Waals surface area contributed by atoms with Crippen LogP contribution in [0.2, 0.25) is 0 Å². The zero-order valence-corrected chi connectivity index (χ0v) is 15.6. The SMILES string of the molecule is COc1cc(CNCc2csc(-c3ccc4c(c3)OCO4)n2)ccc1C. The van der Waals surface area contributed by atoms with Crippen LogP contribution in [-0.2, 0) is 13.1 Å². The van der Waals surface area contributed by atoms with E-state index in [4.69, 9.17) is 19.2 Å². The van der Waals surface area contributed by atoms with E-state index in [9.17, 15) is 0 Å². The van der Waals surface area contributed by atoms with E-state index in [1.54, 1.807) is 18.4 Å². The number of rotatable bonds is 6. The van der Waals surface area contributed by atoms with E-state index in [-0.39, 0.29) is 6.79 Å². The summed E-state index contributed by atoms with van der Waals surface area (Å²) in [7, 11) is 1.70. The Morgan fingerprint density at radius 2 is 2.00 bits per heavy atom. The van der Waals surface area contributed by atoms with Crippen LogP contribution in [-0.4, -0.2) is 18.9 Å². The quantitative estimate of drug-likeness (QED) is 0.708. The summed E-state index contributed by atoms with van der Waals surface area (Å²) in [5, 5.41) is 6.51. The van der Waals surface area contributed by atoms with Crippen LogP contribution >= 0.6 is 11.3 Å². The summed E-state index contributed by atoms with van der Waals surface area (Å²) in [6.45, 7) is 3.82. The summed E-state index contributed by atoms with van der Waals surface area (Å²) in [6, 6.07) is 12.2. The van der Waals surface area contributed by atoms with Gasteiger partial charge in [0, 0.05) is 24.0 Å². The highest BCUT2D eigenvalue weighted by Crippen LogP contribution is 2.36. The summed E-state index contributed by atoms with van der Waals surface area (Å²) in [4.78, 5) is 4.72. The molecule has 4 rings (SSSR count). The van der Waals surface area contributed by atoms with Gasteiger partial charge in [-0.15, -0.1) is 11.3 Å². The summed E-state index contributed by atoms with van der Waals surface area (Å²) >= 11 is 1.63. The molecule has 0 saturated carbocycles. The standard InChI is InChI=1S/C20H20N2O3S/c1-13-3-4-14(7-18(13)23-2)9-21-10-16-11-26-20(22-16)15-5-6-17-19(8-15)25-12-24-17/h3-8,11,21H,9-10,12H2,1-2H3. The fourth-order valence-electron chi connectivity index (χ4n) is 2.86. The van der Waals surface area contributed by atoms with Crippen LogP contribution in [0, 0.1) is 6.92 Å². The average molecular weight is 368 g/mol. The number of nitrogens with zero attached hydrogens (tertiary/aromatic N) is 1. The van der Waals surface area contributed by atoms with Gasteiger partial charge in [0.15, 0.2) is 11.5 Å². The van der Waals surface area contributed by atoms with Crippen molar-refractivity contribution in [2.24, 2.45) is 0 Å². The maximum absolute atomic E-state index is 5.44. The lowest BCUT2D eigenvalue weighted by Gasteiger charge is -2.08. The number of ether oxygens (including phenoxy) is 3. The number of nitrogens with one attached hydrogen (secondary N) is 1. The molecule has 1 aliphatic heterocycles. The Hall–Kier alpha value is -2.57. The molecule has 2 aromatic carbocycles. The molecule has 6 heteroatoms. The largest absolute Gasteiger partial charge is 0.496 e. The van der Waals surface area contributed by atoms with Crippen molar-refractivity contribution in [3.05, 3.63) is 58.6 Å². The monoisotopic (exact) mass is 368 g/mol. The molecule has 0 fully saturated rings. The highest BCUT2D eigenvalue weighted by molar-refractivity contribution is 7.13. The fourth-order valence-corrected chi connectivity index (χ4v) is 3.68. The number of aryl methyl sites for hydroxylation is 1. The summed E-state index contributed by atoms with van der Waals surface area (Å²) in [5.74, 6) is 2.49. The van der Waals surface area contributed by atoms with Crippen LogP contribution in [0.3, 0.4) is 0 Å². The van der Waals surface area contributed by atoms with Gasteiger partial charge in [-0.1, -0.05) is 12.1 Å². The van der Waals surface area contributed by atoms with Gasteiger partial charge in [-0.2, -0.15) is 0 Å². The van der Waals surface area contributed by atoms with Crippen molar-refractivity contribution in [2.45, 2.75) is 20.0 Å². The number of methoxy groups -OCH3 is 1. The van der Waals surface area contributed by atoms with E-state index in [1.807, 2.05) is 25.1 Å². The molecule has 3 aromatic rings. The Bertz CT molecular complexity index is 923. The second-order valence-electron chi connectivity index (χ2n) is 6.12. The van der Waals surface area contributed by atoms with Gasteiger partial charge < -0.3 is 19.5 Å². The predicted molar refractivity (Wildman–Crippen MR) is 102 cm³/mol. The smallest absolute Gasteiger partial charge is 0.231 e. The molecule has 1 aromatic heterocycles. The van der Waals surface area contributed by atoms with Crippen LogP contribution in [0.4, 0.5) is 0 Å². The maximum atomic E-state index is 5.44. The van der Waals surface area contributed by atoms with Gasteiger partial charge in [-0.3, -0.25) is 0 Å². The van der Waals surface area contributed by atoms with Gasteiger partial charge in [0.2, 0.25) is 6.79 Å². The van der Waals surface area contributed by atoms with Crippen molar-refractivity contribution in [1.82, 2.24) is 10.3 Å². The Labute approximate surface area is 156 Å². The number of thiazole rings is 1. The van der Waals surface area contributed by atoms with Gasteiger partial charge in [-0.25, -0.2) is 4.98 Å². The van der Waals surface area contributed by atoms with E-state index in [1.165, 1.54) is 5.56 Å². The Morgan fingerprint density at radius 3 is 2.88 bits per heavy atom. The minimum atomic E-state index is 0.287. The molecule has 0 unspecified atom stereocenters. The molecule has 0 atom stereocenters. The first-order valence-electron chi connectivity index (χ1n) is 8.41. The van der Waals surface area contributed by atoms with Crippen LogP contribution in [0.15, 0.2) is 41.8 Å². The lowest BCUT2D eigenvalue weighted by Crippen LogP contribution is -2.13. The average Bonchev–Trinajstić information content (AvgIpc) is 3.31. The third-order valence-electron chi connectivity index (χ3n) is 4.28. The number of fused-ring (bicyclic) bond motifs is 1. The molecule has 1 N–H and O–H groups in total. The normalized spacial score (nSPS) is 12.4. The van der Waals surface area contributed by atoms with Crippen LogP contribution in [0.25, 0.3) is 10.6 Å². The molecule has 2 heterocycles. The Morgan fingerprint density at radius 1 is 1.12 bits per heavy atom. The predicted octanol–water partition coefficient (Wildman–Crippen LogP) is 4.15. The molecule has 0 spiro atoms. The molecule has 134 valence electrons. The van der Waals surface area contributed by atoms with Crippen LogP contribution in [0.5, 0.6) is 17.2 Å². The number of aromatic nitrogens is 1. The van der Waals surface area contributed by atoms with Crippen molar-refractivity contribution in [2.75, 3.05) is 13.9 Å². The van der Waals surface area contributed by atoms with Crippen LogP contribution in [0.1, 0.15) is 16.8 Å². The summed E-state index contributed by atoms with van der Waals surface area (Å²) < 4.78 is 16.2. The molecule has 0 aliphatic carbocycles. The lowest BCUT2D eigenvalue weighted by molar-refractivity contribution is 0.174. The Balaban J connectivity index is 1.38. The first-order chi connectivity index (χ1) is 12.7. The molecule has 1 aliphatic rings. The molecule has 26 heavy (non-hydrogen) atoms. The second-order valence-corrected chi connectivity index (χ2v) is 6.98. The van der Waals surface area contributed by atoms with Crippen molar-refractivity contribution in [1.29, 1.82) is 0 Å². The number of hydrogen-bond donors (Lipinski definition) is 1. The van der Waals surface area contributed by atoms with Gasteiger partial charge >= 0.3 is 0 Å². The number of hydrogen-bond acceptors (Lipinski definition) is 6. The zero-order valence-electron chi connectivity index (χ0n) is 14.7. The highest BCUT2D eigenvalue weighted by Gasteiger charge is 2.15. The van der Waals surface area contributed by atoms with E-state index < -0.39 is 0 Å². The third-order valence-corrected chi connectivity index (χ3v) is 5.22. The van der Waals surface area contributed by atoms with Crippen molar-refractivity contribution in [3.8, 4) is 27.8 Å². The molecule has 0 saturated heterocycles. The lowest BCUT2D eigenvalue weighted by atomic mass is 10.1. The first kappa shape index (κ1) is 16.9. The number of benzene rings is 2. The summed E-state index contributed by atoms with van der Waals surface area (Å²) in [6.07, 6.45) is 0. The van der Waals surface area contributed by atoms with E-state index in [0.29, 0.717) is 0 Å². The van der Waals surface area contributed by atoms with E-state index >= 15 is 0 Å². The molecule has 5 nitrogen and oxygen atoms in total. The summed E-state index contributed by atoms with van der Waals surface area (Å²) in [5.41, 5.74) is 4.42. The third kappa shape index (κ3) is 3.52. The first-order valence-corrected chi connectivity index (χ1v) is 9.29. The molecular weight excluding hydrogens is 348 g/mol. The van der Waals surface area contributed by atoms with Gasteiger partial charge in [0.05, 0.1) is 12.8 Å². The minimum Gasteiger partial charge on any atom is -0.496 e. The minimum absolute atomic E-state index is 0.287. The molecular formula is C20H20N2O3S. The van der Waals surface area contributed by atoms with Gasteiger partial charge in [0.25, 0.3) is 0 Å². The van der Waals surface area contributed by atoms with E-state index in [0.717, 1.165) is 52.2 Å². The van der Waals surface area contributed by atoms with Gasteiger partial charge in [-0.05, 0) is 42.3 Å². The van der Waals surface area contributed by atoms with Crippen molar-refractivity contribution >= 4 is 11.3 Å². The highest BCUT2D eigenvalue weighted by atomic mass is 32.1. The Kier molecular flexibility index (Phi) is 4.77. The zero-order chi connectivity index (χ0) is 17.9. The van der Waals surface area contributed by atoms with Crippen molar-refractivity contribution in [3.63, 3.8) is 0 Å².